The SMILES string of the molecule is COc1cc(=C2C=c3sc(C(C)=O)cc3=N2)[nH]c1=Cc1[nH]c(C)cc1C. The van der Waals surface area contributed by atoms with Gasteiger partial charge in [0.05, 0.1) is 38.3 Å². The number of ketones is 1. The molecule has 0 fully saturated rings. The van der Waals surface area contributed by atoms with Crippen molar-refractivity contribution < 1.29 is 9.53 Å². The van der Waals surface area contributed by atoms with Gasteiger partial charge in [0.25, 0.3) is 0 Å². The van der Waals surface area contributed by atoms with E-state index >= 15 is 0 Å². The summed E-state index contributed by atoms with van der Waals surface area (Å²) in [5.74, 6) is 0.840. The van der Waals surface area contributed by atoms with Crippen LogP contribution in [-0.2, 0) is 0 Å². The van der Waals surface area contributed by atoms with Gasteiger partial charge in [-0.2, -0.15) is 0 Å². The molecule has 5 nitrogen and oxygen atoms in total. The third-order valence-corrected chi connectivity index (χ3v) is 5.55. The van der Waals surface area contributed by atoms with Crippen LogP contribution in [0.4, 0.5) is 0 Å². The maximum atomic E-state index is 11.5. The number of hydrogen-bond acceptors (Lipinski definition) is 4. The summed E-state index contributed by atoms with van der Waals surface area (Å²) in [7, 11) is 1.66. The van der Waals surface area contributed by atoms with Crippen LogP contribution in [0.1, 0.15) is 33.5 Å². The van der Waals surface area contributed by atoms with E-state index in [1.165, 1.54) is 16.9 Å². The zero-order valence-electron chi connectivity index (χ0n) is 15.1. The number of Topliss-reactive ketones (excluding diaryl/α,β-unsaturated/α-hetero) is 1. The van der Waals surface area contributed by atoms with E-state index in [1.54, 1.807) is 14.0 Å². The van der Waals surface area contributed by atoms with Gasteiger partial charge in [0, 0.05) is 17.5 Å². The Morgan fingerprint density at radius 1 is 1.23 bits per heavy atom. The lowest BCUT2D eigenvalue weighted by Crippen LogP contribution is -2.12. The molecule has 6 heteroatoms. The smallest absolute Gasteiger partial charge is 0.169 e. The van der Waals surface area contributed by atoms with E-state index in [2.05, 4.69) is 28.0 Å². The third kappa shape index (κ3) is 2.82. The van der Waals surface area contributed by atoms with Crippen molar-refractivity contribution in [3.8, 4) is 5.75 Å². The van der Waals surface area contributed by atoms with E-state index in [9.17, 15) is 4.79 Å². The Labute approximate surface area is 154 Å². The molecule has 0 radical (unpaired) electrons. The number of nitrogens with one attached hydrogen (secondary N) is 2. The van der Waals surface area contributed by atoms with Gasteiger partial charge < -0.3 is 14.7 Å². The molecule has 0 aromatic carbocycles. The number of fused-ring (bicyclic) bond motifs is 1. The maximum Gasteiger partial charge on any atom is 0.169 e. The van der Waals surface area contributed by atoms with Gasteiger partial charge in [-0.1, -0.05) is 0 Å². The Morgan fingerprint density at radius 3 is 2.65 bits per heavy atom. The van der Waals surface area contributed by atoms with Crippen LogP contribution in [0.15, 0.2) is 23.2 Å². The number of carbonyl (C=O) groups is 1. The first-order valence-electron chi connectivity index (χ1n) is 8.31. The van der Waals surface area contributed by atoms with Gasteiger partial charge in [-0.15, -0.1) is 11.3 Å². The Balaban J connectivity index is 1.86. The number of H-pyrrole nitrogens is 2. The van der Waals surface area contributed by atoms with Crippen LogP contribution in [-0.4, -0.2) is 22.9 Å². The van der Waals surface area contributed by atoms with Crippen molar-refractivity contribution in [2.75, 3.05) is 7.11 Å². The van der Waals surface area contributed by atoms with Crippen LogP contribution in [0.3, 0.4) is 0 Å². The number of methoxy groups -OCH3 is 1. The summed E-state index contributed by atoms with van der Waals surface area (Å²) in [5, 5.41) is 2.63. The molecule has 1 aliphatic rings. The average Bonchev–Trinajstić information content (AvgIpc) is 3.30. The van der Waals surface area contributed by atoms with Crippen LogP contribution in [0.5, 0.6) is 5.75 Å². The second-order valence-corrected chi connectivity index (χ2v) is 7.50. The number of carbonyl (C=O) groups excluding carboxylic acids is 1. The van der Waals surface area contributed by atoms with Crippen LogP contribution < -0.4 is 25.3 Å². The minimum absolute atomic E-state index is 0.0737. The van der Waals surface area contributed by atoms with Crippen molar-refractivity contribution >= 4 is 35.0 Å². The second-order valence-electron chi connectivity index (χ2n) is 6.42. The summed E-state index contributed by atoms with van der Waals surface area (Å²) in [4.78, 5) is 23.7. The van der Waals surface area contributed by atoms with Crippen LogP contribution in [0, 0.1) is 13.8 Å². The lowest BCUT2D eigenvalue weighted by Gasteiger charge is -1.94. The lowest BCUT2D eigenvalue weighted by atomic mass is 10.2. The highest BCUT2D eigenvalue weighted by Crippen LogP contribution is 2.11. The number of thiophene rings is 1. The Morgan fingerprint density at radius 2 is 2.04 bits per heavy atom. The van der Waals surface area contributed by atoms with E-state index in [-0.39, 0.29) is 5.78 Å². The van der Waals surface area contributed by atoms with Crippen LogP contribution >= 0.6 is 11.3 Å². The van der Waals surface area contributed by atoms with E-state index in [1.807, 2.05) is 31.2 Å². The number of nitrogens with zero attached hydrogens (tertiary/aromatic N) is 1. The molecule has 3 aromatic rings. The van der Waals surface area contributed by atoms with Gasteiger partial charge in [-0.05, 0) is 50.6 Å². The molecule has 0 unspecified atom stereocenters. The highest BCUT2D eigenvalue weighted by atomic mass is 32.1. The summed E-state index contributed by atoms with van der Waals surface area (Å²) in [5.41, 5.74) is 4.21. The number of aromatic nitrogens is 2. The van der Waals surface area contributed by atoms with Crippen molar-refractivity contribution in [1.82, 2.24) is 9.97 Å². The number of aryl methyl sites for hydroxylation is 2. The first-order valence-corrected chi connectivity index (χ1v) is 9.13. The fourth-order valence-corrected chi connectivity index (χ4v) is 4.02. The van der Waals surface area contributed by atoms with Crippen molar-refractivity contribution in [2.45, 2.75) is 20.8 Å². The quantitative estimate of drug-likeness (QED) is 0.687. The molecule has 132 valence electrons. The molecule has 3 aromatic heterocycles. The fraction of sp³-hybridized carbons (Fsp3) is 0.200. The third-order valence-electron chi connectivity index (χ3n) is 4.38. The van der Waals surface area contributed by atoms with Crippen molar-refractivity contribution in [3.05, 3.63) is 60.6 Å². The topological polar surface area (TPSA) is 70.2 Å². The summed E-state index contributed by atoms with van der Waals surface area (Å²) in [6.07, 6.45) is 4.05. The van der Waals surface area contributed by atoms with Crippen molar-refractivity contribution in [3.63, 3.8) is 0 Å². The lowest BCUT2D eigenvalue weighted by molar-refractivity contribution is 0.102. The zero-order chi connectivity index (χ0) is 18.4. The molecule has 1 aliphatic heterocycles. The minimum Gasteiger partial charge on any atom is -0.494 e. The number of ether oxygens (including phenoxy) is 1. The molecule has 26 heavy (non-hydrogen) atoms. The normalized spacial score (nSPS) is 15.6. The monoisotopic (exact) mass is 365 g/mol. The molecule has 4 heterocycles. The Kier molecular flexibility index (Phi) is 3.92. The highest BCUT2D eigenvalue weighted by Gasteiger charge is 2.11. The van der Waals surface area contributed by atoms with Crippen molar-refractivity contribution in [2.24, 2.45) is 4.99 Å². The molecule has 0 amide bonds. The van der Waals surface area contributed by atoms with Gasteiger partial charge in [-0.3, -0.25) is 4.79 Å². The van der Waals surface area contributed by atoms with Crippen LogP contribution in [0.25, 0.3) is 17.8 Å². The van der Waals surface area contributed by atoms with Gasteiger partial charge in [0.2, 0.25) is 0 Å². The molecular weight excluding hydrogens is 346 g/mol. The maximum absolute atomic E-state index is 11.5. The Bertz CT molecular complexity index is 1240. The molecule has 0 spiro atoms. The molecule has 0 saturated carbocycles. The number of aromatic amines is 2. The predicted molar refractivity (Wildman–Crippen MR) is 103 cm³/mol. The van der Waals surface area contributed by atoms with E-state index in [0.717, 1.165) is 48.3 Å². The summed E-state index contributed by atoms with van der Waals surface area (Å²) >= 11 is 1.47. The molecule has 0 atom stereocenters. The summed E-state index contributed by atoms with van der Waals surface area (Å²) < 4.78 is 6.54. The largest absolute Gasteiger partial charge is 0.494 e. The van der Waals surface area contributed by atoms with Gasteiger partial charge in [-0.25, -0.2) is 4.99 Å². The number of hydrogen-bond donors (Lipinski definition) is 2. The molecule has 2 N–H and O–H groups in total. The standard InChI is InChI=1S/C20H19N3O2S/c1-10-5-11(2)21-13(10)6-16-18(25-4)7-14(22-16)15-8-20-17(23-15)9-19(26-20)12(3)24/h5-9,21-22H,1-4H3. The first kappa shape index (κ1) is 16.6. The van der Waals surface area contributed by atoms with Gasteiger partial charge in [0.15, 0.2) is 5.78 Å². The van der Waals surface area contributed by atoms with E-state index in [0.29, 0.717) is 0 Å². The minimum atomic E-state index is 0.0737. The second kappa shape index (κ2) is 6.14. The average molecular weight is 365 g/mol. The molecule has 0 aliphatic carbocycles. The van der Waals surface area contributed by atoms with E-state index in [4.69, 9.17) is 4.74 Å². The molecule has 0 saturated heterocycles. The predicted octanol–water partition coefficient (Wildman–Crippen LogP) is 1.28. The van der Waals surface area contributed by atoms with Gasteiger partial charge >= 0.3 is 0 Å². The van der Waals surface area contributed by atoms with E-state index < -0.39 is 0 Å². The first-order chi connectivity index (χ1) is 12.4. The molecular formula is C20H19N3O2S. The Hall–Kier alpha value is -2.86. The van der Waals surface area contributed by atoms with Crippen molar-refractivity contribution in [1.29, 1.82) is 0 Å². The fourth-order valence-electron chi connectivity index (χ4n) is 3.09. The summed E-state index contributed by atoms with van der Waals surface area (Å²) in [6.45, 7) is 5.69. The molecule has 0 bridgehead atoms. The van der Waals surface area contributed by atoms with Crippen LogP contribution in [0.2, 0.25) is 0 Å². The summed E-state index contributed by atoms with van der Waals surface area (Å²) in [6, 6.07) is 5.92. The highest BCUT2D eigenvalue weighted by molar-refractivity contribution is 7.12. The number of rotatable bonds is 3. The van der Waals surface area contributed by atoms with Gasteiger partial charge in [0.1, 0.15) is 5.75 Å². The molecule has 4 rings (SSSR count). The zero-order valence-corrected chi connectivity index (χ0v) is 15.9.